The normalized spacial score (nSPS) is 10.4. The SMILES string of the molecule is C=CC(=O)OCNC(=O)NCCC(C)(C)C. The molecule has 0 aromatic carbocycles. The lowest BCUT2D eigenvalue weighted by molar-refractivity contribution is -0.138. The molecule has 5 heteroatoms. The van der Waals surface area contributed by atoms with E-state index < -0.39 is 5.97 Å². The second kappa shape index (κ2) is 6.87. The average Bonchev–Trinajstić information content (AvgIpc) is 2.15. The van der Waals surface area contributed by atoms with Crippen molar-refractivity contribution in [3.63, 3.8) is 0 Å². The van der Waals surface area contributed by atoms with Crippen LogP contribution in [0.4, 0.5) is 4.79 Å². The van der Waals surface area contributed by atoms with Gasteiger partial charge in [0.25, 0.3) is 0 Å². The van der Waals surface area contributed by atoms with Crippen molar-refractivity contribution in [3.8, 4) is 0 Å². The van der Waals surface area contributed by atoms with Crippen LogP contribution in [0.1, 0.15) is 27.2 Å². The molecule has 0 aromatic rings. The molecule has 0 aliphatic rings. The first-order chi connectivity index (χ1) is 7.35. The van der Waals surface area contributed by atoms with E-state index in [1.807, 2.05) is 0 Å². The minimum absolute atomic E-state index is 0.147. The van der Waals surface area contributed by atoms with Crippen LogP contribution >= 0.6 is 0 Å². The molecule has 0 saturated heterocycles. The van der Waals surface area contributed by atoms with Crippen molar-refractivity contribution in [2.75, 3.05) is 13.3 Å². The maximum atomic E-state index is 11.2. The summed E-state index contributed by atoms with van der Waals surface area (Å²) in [5.41, 5.74) is 0.183. The van der Waals surface area contributed by atoms with E-state index in [0.29, 0.717) is 6.54 Å². The van der Waals surface area contributed by atoms with E-state index in [1.54, 1.807) is 0 Å². The van der Waals surface area contributed by atoms with Gasteiger partial charge in [-0.1, -0.05) is 27.4 Å². The van der Waals surface area contributed by atoms with Crippen LogP contribution in [0, 0.1) is 5.41 Å². The first-order valence-electron chi connectivity index (χ1n) is 5.16. The number of hydrogen-bond donors (Lipinski definition) is 2. The molecule has 0 aliphatic heterocycles. The fourth-order valence-electron chi connectivity index (χ4n) is 0.845. The van der Waals surface area contributed by atoms with Crippen LogP contribution in [0.2, 0.25) is 0 Å². The zero-order chi connectivity index (χ0) is 12.6. The van der Waals surface area contributed by atoms with Crippen molar-refractivity contribution in [1.82, 2.24) is 10.6 Å². The fourth-order valence-corrected chi connectivity index (χ4v) is 0.845. The molecule has 0 bridgehead atoms. The van der Waals surface area contributed by atoms with Gasteiger partial charge in [0.05, 0.1) is 0 Å². The van der Waals surface area contributed by atoms with Crippen molar-refractivity contribution in [3.05, 3.63) is 12.7 Å². The topological polar surface area (TPSA) is 67.4 Å². The smallest absolute Gasteiger partial charge is 0.331 e. The van der Waals surface area contributed by atoms with Crippen LogP contribution in [-0.2, 0) is 9.53 Å². The van der Waals surface area contributed by atoms with E-state index in [2.05, 4.69) is 42.7 Å². The molecule has 0 saturated carbocycles. The lowest BCUT2D eigenvalue weighted by atomic mass is 9.92. The summed E-state index contributed by atoms with van der Waals surface area (Å²) in [5, 5.41) is 5.06. The highest BCUT2D eigenvalue weighted by molar-refractivity contribution is 5.81. The fraction of sp³-hybridized carbons (Fsp3) is 0.636. The van der Waals surface area contributed by atoms with Gasteiger partial charge in [-0.15, -0.1) is 0 Å². The molecule has 92 valence electrons. The Balaban J connectivity index is 3.53. The Bertz CT molecular complexity index is 256. The number of nitrogens with one attached hydrogen (secondary N) is 2. The second-order valence-corrected chi connectivity index (χ2v) is 4.56. The Morgan fingerprint density at radius 3 is 2.44 bits per heavy atom. The number of esters is 1. The number of amides is 2. The zero-order valence-electron chi connectivity index (χ0n) is 10.1. The molecule has 0 aromatic heterocycles. The summed E-state index contributed by atoms with van der Waals surface area (Å²) in [5.74, 6) is -0.560. The quantitative estimate of drug-likeness (QED) is 0.424. The first kappa shape index (κ1) is 14.5. The number of ether oxygens (including phenoxy) is 1. The van der Waals surface area contributed by atoms with Crippen LogP contribution in [-0.4, -0.2) is 25.3 Å². The summed E-state index contributed by atoms with van der Waals surface area (Å²) in [7, 11) is 0. The van der Waals surface area contributed by atoms with Crippen LogP contribution in [0.15, 0.2) is 12.7 Å². The van der Waals surface area contributed by atoms with Crippen LogP contribution in [0.25, 0.3) is 0 Å². The molecule has 0 rings (SSSR count). The standard InChI is InChI=1S/C11H20N2O3/c1-5-9(14)16-8-13-10(15)12-7-6-11(2,3)4/h5H,1,6-8H2,2-4H3,(H2,12,13,15). The molecule has 0 radical (unpaired) electrons. The number of hydrogen-bond acceptors (Lipinski definition) is 3. The van der Waals surface area contributed by atoms with Gasteiger partial charge in [-0.2, -0.15) is 0 Å². The molecule has 2 amide bonds. The largest absolute Gasteiger partial charge is 0.441 e. The lowest BCUT2D eigenvalue weighted by Gasteiger charge is -2.18. The Kier molecular flexibility index (Phi) is 6.22. The van der Waals surface area contributed by atoms with Crippen LogP contribution in [0.3, 0.4) is 0 Å². The summed E-state index contributed by atoms with van der Waals surface area (Å²) >= 11 is 0. The van der Waals surface area contributed by atoms with Gasteiger partial charge in [0, 0.05) is 12.6 Å². The van der Waals surface area contributed by atoms with Crippen molar-refractivity contribution in [2.24, 2.45) is 5.41 Å². The molecule has 0 unspecified atom stereocenters. The third-order valence-corrected chi connectivity index (χ3v) is 1.77. The minimum Gasteiger partial charge on any atom is -0.441 e. The summed E-state index contributed by atoms with van der Waals surface area (Å²) in [4.78, 5) is 21.8. The van der Waals surface area contributed by atoms with Gasteiger partial charge in [-0.05, 0) is 11.8 Å². The van der Waals surface area contributed by atoms with E-state index in [0.717, 1.165) is 12.5 Å². The Morgan fingerprint density at radius 1 is 1.31 bits per heavy atom. The lowest BCUT2D eigenvalue weighted by Crippen LogP contribution is -2.38. The van der Waals surface area contributed by atoms with E-state index in [1.165, 1.54) is 0 Å². The number of carbonyl (C=O) groups is 2. The van der Waals surface area contributed by atoms with Crippen molar-refractivity contribution in [1.29, 1.82) is 0 Å². The zero-order valence-corrected chi connectivity index (χ0v) is 10.1. The first-order valence-corrected chi connectivity index (χ1v) is 5.16. The highest BCUT2D eigenvalue weighted by atomic mass is 16.5. The van der Waals surface area contributed by atoms with E-state index in [-0.39, 0.29) is 18.2 Å². The molecular formula is C11H20N2O3. The summed E-state index contributed by atoms with van der Waals surface area (Å²) < 4.78 is 4.58. The van der Waals surface area contributed by atoms with Gasteiger partial charge in [0.15, 0.2) is 6.73 Å². The molecular weight excluding hydrogens is 208 g/mol. The molecule has 0 fully saturated rings. The van der Waals surface area contributed by atoms with Crippen molar-refractivity contribution >= 4 is 12.0 Å². The predicted octanol–water partition coefficient (Wildman–Crippen LogP) is 1.41. The highest BCUT2D eigenvalue weighted by Gasteiger charge is 2.10. The molecule has 0 aliphatic carbocycles. The summed E-state index contributed by atoms with van der Waals surface area (Å²) in [6.45, 7) is 9.96. The maximum absolute atomic E-state index is 11.2. The molecule has 0 spiro atoms. The maximum Gasteiger partial charge on any atom is 0.331 e. The number of carbonyl (C=O) groups excluding carboxylic acids is 2. The summed E-state index contributed by atoms with van der Waals surface area (Å²) in [6.07, 6.45) is 1.92. The number of rotatable bonds is 5. The van der Waals surface area contributed by atoms with Gasteiger partial charge in [-0.3, -0.25) is 0 Å². The number of urea groups is 1. The van der Waals surface area contributed by atoms with E-state index >= 15 is 0 Å². The monoisotopic (exact) mass is 228 g/mol. The van der Waals surface area contributed by atoms with Gasteiger partial charge >= 0.3 is 12.0 Å². The van der Waals surface area contributed by atoms with Gasteiger partial charge in [0.2, 0.25) is 0 Å². The Hall–Kier alpha value is -1.52. The average molecular weight is 228 g/mol. The Labute approximate surface area is 96.2 Å². The van der Waals surface area contributed by atoms with Crippen molar-refractivity contribution < 1.29 is 14.3 Å². The third kappa shape index (κ3) is 9.05. The summed E-state index contributed by atoms with van der Waals surface area (Å²) in [6, 6.07) is -0.346. The Morgan fingerprint density at radius 2 is 1.94 bits per heavy atom. The third-order valence-electron chi connectivity index (χ3n) is 1.77. The van der Waals surface area contributed by atoms with Gasteiger partial charge in [0.1, 0.15) is 0 Å². The minimum atomic E-state index is -0.560. The molecule has 16 heavy (non-hydrogen) atoms. The highest BCUT2D eigenvalue weighted by Crippen LogP contribution is 2.16. The van der Waals surface area contributed by atoms with Crippen LogP contribution in [0.5, 0.6) is 0 Å². The second-order valence-electron chi connectivity index (χ2n) is 4.56. The molecule has 0 heterocycles. The van der Waals surface area contributed by atoms with E-state index in [4.69, 9.17) is 0 Å². The predicted molar refractivity (Wildman–Crippen MR) is 61.8 cm³/mol. The molecule has 5 nitrogen and oxygen atoms in total. The van der Waals surface area contributed by atoms with Crippen molar-refractivity contribution in [2.45, 2.75) is 27.2 Å². The van der Waals surface area contributed by atoms with Gasteiger partial charge in [-0.25, -0.2) is 9.59 Å². The van der Waals surface area contributed by atoms with Gasteiger partial charge < -0.3 is 15.4 Å². The molecule has 2 N–H and O–H groups in total. The molecule has 0 atom stereocenters. The van der Waals surface area contributed by atoms with Crippen LogP contribution < -0.4 is 10.6 Å². The van der Waals surface area contributed by atoms with E-state index in [9.17, 15) is 9.59 Å².